The van der Waals surface area contributed by atoms with E-state index in [1.807, 2.05) is 19.1 Å². The van der Waals surface area contributed by atoms with Crippen LogP contribution in [0.2, 0.25) is 5.02 Å². The molecule has 0 saturated carbocycles. The molecular weight excluding hydrogens is 252 g/mol. The van der Waals surface area contributed by atoms with E-state index in [0.717, 1.165) is 12.0 Å². The lowest BCUT2D eigenvalue weighted by atomic mass is 10.1. The molecule has 4 nitrogen and oxygen atoms in total. The molecule has 0 spiro atoms. The number of hydrogen-bond donors (Lipinski definition) is 1. The Morgan fingerprint density at radius 3 is 2.61 bits per heavy atom. The number of aryl methyl sites for hydroxylation is 1. The van der Waals surface area contributed by atoms with Gasteiger partial charge in [-0.1, -0.05) is 30.7 Å². The number of carboxylic acids is 1. The van der Waals surface area contributed by atoms with Crippen LogP contribution in [0.4, 0.5) is 0 Å². The van der Waals surface area contributed by atoms with E-state index in [4.69, 9.17) is 16.7 Å². The minimum absolute atomic E-state index is 0.210. The molecule has 0 saturated heterocycles. The Labute approximate surface area is 110 Å². The zero-order chi connectivity index (χ0) is 13.1. The van der Waals surface area contributed by atoms with Gasteiger partial charge in [0, 0.05) is 17.1 Å². The number of aromatic carboxylic acids is 1. The second kappa shape index (κ2) is 5.23. The average Bonchev–Trinajstić information content (AvgIpc) is 2.75. The number of halogens is 1. The van der Waals surface area contributed by atoms with Gasteiger partial charge in [-0.2, -0.15) is 5.10 Å². The topological polar surface area (TPSA) is 55.1 Å². The van der Waals surface area contributed by atoms with Crippen molar-refractivity contribution in [3.63, 3.8) is 0 Å². The molecule has 0 fully saturated rings. The van der Waals surface area contributed by atoms with Gasteiger partial charge in [-0.15, -0.1) is 0 Å². The Morgan fingerprint density at radius 2 is 2.06 bits per heavy atom. The van der Waals surface area contributed by atoms with E-state index in [0.29, 0.717) is 17.3 Å². The molecule has 1 aromatic heterocycles. The first-order valence-electron chi connectivity index (χ1n) is 5.69. The summed E-state index contributed by atoms with van der Waals surface area (Å²) < 4.78 is 1.52. The summed E-state index contributed by atoms with van der Waals surface area (Å²) in [6.45, 7) is 2.57. The summed E-state index contributed by atoms with van der Waals surface area (Å²) in [5.41, 5.74) is 1.72. The zero-order valence-electron chi connectivity index (χ0n) is 9.93. The highest BCUT2D eigenvalue weighted by Gasteiger charge is 2.14. The molecule has 5 heteroatoms. The number of rotatable bonds is 4. The van der Waals surface area contributed by atoms with Crippen molar-refractivity contribution < 1.29 is 9.90 Å². The number of carbonyl (C=O) groups is 1. The molecule has 0 aliphatic rings. The number of aromatic nitrogens is 2. The minimum atomic E-state index is -0.962. The van der Waals surface area contributed by atoms with Gasteiger partial charge in [0.25, 0.3) is 0 Å². The van der Waals surface area contributed by atoms with Gasteiger partial charge in [0.2, 0.25) is 0 Å². The van der Waals surface area contributed by atoms with E-state index in [9.17, 15) is 4.79 Å². The van der Waals surface area contributed by atoms with Crippen molar-refractivity contribution in [2.45, 2.75) is 19.9 Å². The van der Waals surface area contributed by atoms with Crippen molar-refractivity contribution in [1.82, 2.24) is 9.78 Å². The van der Waals surface area contributed by atoms with Crippen LogP contribution >= 0.6 is 11.6 Å². The Bertz CT molecular complexity index is 561. The maximum absolute atomic E-state index is 11.1. The molecule has 2 aromatic rings. The van der Waals surface area contributed by atoms with Crippen LogP contribution in [0.1, 0.15) is 23.8 Å². The van der Waals surface area contributed by atoms with E-state index in [-0.39, 0.29) is 5.69 Å². The van der Waals surface area contributed by atoms with Crippen molar-refractivity contribution >= 4 is 17.6 Å². The van der Waals surface area contributed by atoms with E-state index < -0.39 is 5.97 Å². The molecule has 18 heavy (non-hydrogen) atoms. The molecular formula is C13H13ClN2O2. The molecule has 0 unspecified atom stereocenters. The fourth-order valence-corrected chi connectivity index (χ4v) is 1.86. The first-order chi connectivity index (χ1) is 8.61. The quantitative estimate of drug-likeness (QED) is 0.922. The Hall–Kier alpha value is -1.81. The van der Waals surface area contributed by atoms with Crippen molar-refractivity contribution in [2.24, 2.45) is 0 Å². The second-order valence-corrected chi connectivity index (χ2v) is 4.39. The van der Waals surface area contributed by atoms with E-state index in [1.165, 1.54) is 4.68 Å². The maximum atomic E-state index is 11.1. The van der Waals surface area contributed by atoms with E-state index in [1.54, 1.807) is 18.2 Å². The highest BCUT2D eigenvalue weighted by atomic mass is 35.5. The smallest absolute Gasteiger partial charge is 0.354 e. The molecule has 1 heterocycles. The number of carboxylic acid groups (broad SMARTS) is 1. The lowest BCUT2D eigenvalue weighted by molar-refractivity contribution is 0.0683. The molecule has 0 radical (unpaired) electrons. The fourth-order valence-electron chi connectivity index (χ4n) is 1.73. The molecule has 0 bridgehead atoms. The van der Waals surface area contributed by atoms with Gasteiger partial charge in [-0.25, -0.2) is 4.79 Å². The first kappa shape index (κ1) is 12.6. The lowest BCUT2D eigenvalue weighted by Gasteiger charge is -2.00. The van der Waals surface area contributed by atoms with Gasteiger partial charge < -0.3 is 5.11 Å². The van der Waals surface area contributed by atoms with Crippen LogP contribution in [-0.4, -0.2) is 20.9 Å². The Balaban J connectivity index is 2.42. The zero-order valence-corrected chi connectivity index (χ0v) is 10.7. The van der Waals surface area contributed by atoms with Crippen LogP contribution in [0.5, 0.6) is 0 Å². The van der Waals surface area contributed by atoms with Gasteiger partial charge in [-0.3, -0.25) is 4.68 Å². The molecule has 1 aromatic carbocycles. The van der Waals surface area contributed by atoms with Gasteiger partial charge in [0.1, 0.15) is 5.69 Å². The van der Waals surface area contributed by atoms with Crippen LogP contribution in [0.3, 0.4) is 0 Å². The first-order valence-corrected chi connectivity index (χ1v) is 6.06. The van der Waals surface area contributed by atoms with E-state index in [2.05, 4.69) is 5.10 Å². The summed E-state index contributed by atoms with van der Waals surface area (Å²) in [6, 6.07) is 8.76. The Kier molecular flexibility index (Phi) is 3.67. The summed E-state index contributed by atoms with van der Waals surface area (Å²) in [6.07, 6.45) is 0.835. The fraction of sp³-hybridized carbons (Fsp3) is 0.231. The van der Waals surface area contributed by atoms with Crippen LogP contribution in [-0.2, 0) is 6.54 Å². The monoisotopic (exact) mass is 264 g/mol. The van der Waals surface area contributed by atoms with E-state index >= 15 is 0 Å². The summed E-state index contributed by atoms with van der Waals surface area (Å²) >= 11 is 5.82. The molecule has 2 rings (SSSR count). The SMILES string of the molecule is CCCn1nc(-c2ccc(Cl)cc2)cc1C(=O)O. The average molecular weight is 265 g/mol. The minimum Gasteiger partial charge on any atom is -0.477 e. The number of hydrogen-bond acceptors (Lipinski definition) is 2. The summed E-state index contributed by atoms with van der Waals surface area (Å²) in [5.74, 6) is -0.962. The maximum Gasteiger partial charge on any atom is 0.354 e. The summed E-state index contributed by atoms with van der Waals surface area (Å²) in [5, 5.41) is 14.1. The largest absolute Gasteiger partial charge is 0.477 e. The van der Waals surface area contributed by atoms with Gasteiger partial charge >= 0.3 is 5.97 Å². The highest BCUT2D eigenvalue weighted by molar-refractivity contribution is 6.30. The third kappa shape index (κ3) is 2.54. The Morgan fingerprint density at radius 1 is 1.39 bits per heavy atom. The third-order valence-corrected chi connectivity index (χ3v) is 2.83. The normalized spacial score (nSPS) is 10.6. The molecule has 1 N–H and O–H groups in total. The van der Waals surface area contributed by atoms with Crippen LogP contribution in [0, 0.1) is 0 Å². The molecule has 94 valence electrons. The van der Waals surface area contributed by atoms with Crippen molar-refractivity contribution in [3.05, 3.63) is 41.0 Å². The molecule has 0 atom stereocenters. The standard InChI is InChI=1S/C13H13ClN2O2/c1-2-7-16-12(13(17)18)8-11(15-16)9-3-5-10(14)6-4-9/h3-6,8H,2,7H2,1H3,(H,17,18). The van der Waals surface area contributed by atoms with Gasteiger partial charge in [-0.05, 0) is 24.6 Å². The van der Waals surface area contributed by atoms with Crippen molar-refractivity contribution in [1.29, 1.82) is 0 Å². The van der Waals surface area contributed by atoms with Gasteiger partial charge in [0.15, 0.2) is 0 Å². The van der Waals surface area contributed by atoms with Crippen LogP contribution < -0.4 is 0 Å². The van der Waals surface area contributed by atoms with Crippen LogP contribution in [0.25, 0.3) is 11.3 Å². The molecule has 0 aliphatic heterocycles. The number of nitrogens with zero attached hydrogens (tertiary/aromatic N) is 2. The second-order valence-electron chi connectivity index (χ2n) is 3.95. The summed E-state index contributed by atoms with van der Waals surface area (Å²) in [4.78, 5) is 11.1. The van der Waals surface area contributed by atoms with Crippen molar-refractivity contribution in [3.8, 4) is 11.3 Å². The third-order valence-electron chi connectivity index (χ3n) is 2.57. The van der Waals surface area contributed by atoms with Crippen LogP contribution in [0.15, 0.2) is 30.3 Å². The summed E-state index contributed by atoms with van der Waals surface area (Å²) in [7, 11) is 0. The molecule has 0 aliphatic carbocycles. The predicted octanol–water partition coefficient (Wildman–Crippen LogP) is 3.31. The van der Waals surface area contributed by atoms with Gasteiger partial charge in [0.05, 0.1) is 5.69 Å². The van der Waals surface area contributed by atoms with Crippen molar-refractivity contribution in [2.75, 3.05) is 0 Å². The highest BCUT2D eigenvalue weighted by Crippen LogP contribution is 2.21. The lowest BCUT2D eigenvalue weighted by Crippen LogP contribution is -2.09. The number of benzene rings is 1. The molecule has 0 amide bonds. The predicted molar refractivity (Wildman–Crippen MR) is 69.9 cm³/mol.